The van der Waals surface area contributed by atoms with Crippen LogP contribution in [0.1, 0.15) is 25.7 Å². The first-order chi connectivity index (χ1) is 20.0. The second-order valence-corrected chi connectivity index (χ2v) is 13.1. The molecule has 3 heterocycles. The van der Waals surface area contributed by atoms with Crippen molar-refractivity contribution in [1.29, 1.82) is 0 Å². The number of hydrogen-bond donors (Lipinski definition) is 3. The molecule has 0 aliphatic carbocycles. The molecular formula is C29H31N5O4S3. The molecule has 3 aromatic rings. The van der Waals surface area contributed by atoms with Crippen molar-refractivity contribution in [3.63, 3.8) is 0 Å². The molecular weight excluding hydrogens is 579 g/mol. The number of fused-ring (bicyclic) bond motifs is 1. The summed E-state index contributed by atoms with van der Waals surface area (Å²) in [5, 5.41) is 10.1. The molecule has 2 aliphatic heterocycles. The third-order valence-corrected chi connectivity index (χ3v) is 10.6. The largest absolute Gasteiger partial charge is 0.419 e. The van der Waals surface area contributed by atoms with Crippen molar-refractivity contribution in [2.24, 2.45) is 0 Å². The standard InChI is InChI=1S/C29H31N5O4S3/c1-34(22-8-2-3-9-23(22)40-41-26-12-6-7-17-30-26)29(37)38-20-15-13-19(14-16-20)31-25(35)11-5-4-10-24-27-21(18-39-24)32-28(36)33-27/h2-3,6-9,12-17,21,24,27H,4-5,10-11,18H2,1H3,(H,31,35)(H2,32,33,36)/t21-,24-,27-/m0/s1. The molecule has 0 bridgehead atoms. The van der Waals surface area contributed by atoms with Gasteiger partial charge in [0.15, 0.2) is 0 Å². The lowest BCUT2D eigenvalue weighted by molar-refractivity contribution is -0.116. The van der Waals surface area contributed by atoms with E-state index < -0.39 is 6.09 Å². The Morgan fingerprint density at radius 3 is 2.66 bits per heavy atom. The van der Waals surface area contributed by atoms with Gasteiger partial charge < -0.3 is 20.7 Å². The number of urea groups is 1. The Morgan fingerprint density at radius 1 is 1.05 bits per heavy atom. The van der Waals surface area contributed by atoms with Gasteiger partial charge in [-0.3, -0.25) is 9.69 Å². The van der Waals surface area contributed by atoms with Gasteiger partial charge in [0.25, 0.3) is 0 Å². The number of unbranched alkanes of at least 4 members (excludes halogenated alkanes) is 1. The van der Waals surface area contributed by atoms with Gasteiger partial charge in [-0.1, -0.05) is 24.6 Å². The van der Waals surface area contributed by atoms with E-state index in [1.165, 1.54) is 26.5 Å². The van der Waals surface area contributed by atoms with Crippen LogP contribution in [0.3, 0.4) is 0 Å². The molecule has 0 unspecified atom stereocenters. The number of anilines is 2. The van der Waals surface area contributed by atoms with E-state index in [2.05, 4.69) is 20.9 Å². The van der Waals surface area contributed by atoms with Crippen LogP contribution in [0.5, 0.6) is 5.75 Å². The number of amides is 4. The summed E-state index contributed by atoms with van der Waals surface area (Å²) in [6.45, 7) is 0. The van der Waals surface area contributed by atoms with E-state index in [1.54, 1.807) is 37.5 Å². The number of pyridine rings is 1. The number of para-hydroxylation sites is 1. The first kappa shape index (κ1) is 29.2. The summed E-state index contributed by atoms with van der Waals surface area (Å²) in [6.07, 6.45) is 4.34. The van der Waals surface area contributed by atoms with Crippen molar-refractivity contribution >= 4 is 62.8 Å². The van der Waals surface area contributed by atoms with E-state index in [0.717, 1.165) is 40.6 Å². The highest BCUT2D eigenvalue weighted by atomic mass is 33.1. The Balaban J connectivity index is 1.05. The molecule has 0 radical (unpaired) electrons. The average molecular weight is 610 g/mol. The second-order valence-electron chi connectivity index (χ2n) is 9.67. The fourth-order valence-electron chi connectivity index (χ4n) is 4.66. The molecule has 9 nitrogen and oxygen atoms in total. The number of nitrogens with one attached hydrogen (secondary N) is 3. The summed E-state index contributed by atoms with van der Waals surface area (Å²) in [4.78, 5) is 43.6. The average Bonchev–Trinajstić information content (AvgIpc) is 3.54. The maximum absolute atomic E-state index is 12.9. The highest BCUT2D eigenvalue weighted by Gasteiger charge is 2.42. The third kappa shape index (κ3) is 7.90. The number of carbonyl (C=O) groups excluding carboxylic acids is 3. The molecule has 2 fully saturated rings. The third-order valence-electron chi connectivity index (χ3n) is 6.78. The van der Waals surface area contributed by atoms with E-state index in [0.29, 0.717) is 23.1 Å². The second kappa shape index (κ2) is 14.0. The maximum Gasteiger partial charge on any atom is 0.419 e. The van der Waals surface area contributed by atoms with Crippen molar-refractivity contribution in [1.82, 2.24) is 15.6 Å². The van der Waals surface area contributed by atoms with Crippen LogP contribution in [-0.2, 0) is 4.79 Å². The summed E-state index contributed by atoms with van der Waals surface area (Å²) < 4.78 is 5.59. The van der Waals surface area contributed by atoms with Gasteiger partial charge in [0.2, 0.25) is 5.91 Å². The van der Waals surface area contributed by atoms with Crippen LogP contribution in [0.25, 0.3) is 0 Å². The number of rotatable bonds is 11. The van der Waals surface area contributed by atoms with Gasteiger partial charge in [-0.05, 0) is 83.0 Å². The number of aromatic nitrogens is 1. The predicted octanol–water partition coefficient (Wildman–Crippen LogP) is 6.18. The summed E-state index contributed by atoms with van der Waals surface area (Å²) in [6, 6.07) is 20.5. The minimum atomic E-state index is -0.516. The molecule has 0 spiro atoms. The van der Waals surface area contributed by atoms with Crippen LogP contribution in [0.4, 0.5) is 21.0 Å². The molecule has 5 rings (SSSR count). The van der Waals surface area contributed by atoms with Crippen LogP contribution >= 0.6 is 33.3 Å². The Morgan fingerprint density at radius 2 is 1.85 bits per heavy atom. The SMILES string of the molecule is CN(C(=O)Oc1ccc(NC(=O)CCCC[C@@H]2SC[C@@H]3NC(=O)N[C@@H]32)cc1)c1ccccc1SSc1ccccn1. The topological polar surface area (TPSA) is 113 Å². The highest BCUT2D eigenvalue weighted by molar-refractivity contribution is 8.76. The summed E-state index contributed by atoms with van der Waals surface area (Å²) in [7, 11) is 4.71. The summed E-state index contributed by atoms with van der Waals surface area (Å²) in [5.74, 6) is 1.27. The molecule has 3 atom stereocenters. The minimum absolute atomic E-state index is 0.0556. The number of benzene rings is 2. The lowest BCUT2D eigenvalue weighted by Gasteiger charge is -2.19. The summed E-state index contributed by atoms with van der Waals surface area (Å²) in [5.41, 5.74) is 1.37. The number of hydrogen-bond acceptors (Lipinski definition) is 8. The van der Waals surface area contributed by atoms with Crippen molar-refractivity contribution in [2.45, 2.75) is 52.9 Å². The molecule has 2 saturated heterocycles. The molecule has 41 heavy (non-hydrogen) atoms. The van der Waals surface area contributed by atoms with Crippen LogP contribution in [0.2, 0.25) is 0 Å². The molecule has 4 amide bonds. The molecule has 1 aromatic heterocycles. The van der Waals surface area contributed by atoms with Crippen LogP contribution in [-0.4, -0.2) is 53.1 Å². The van der Waals surface area contributed by atoms with Crippen LogP contribution < -0.4 is 25.6 Å². The van der Waals surface area contributed by atoms with Gasteiger partial charge in [0.05, 0.1) is 17.8 Å². The molecule has 12 heteroatoms. The molecule has 0 saturated carbocycles. The molecule has 2 aromatic carbocycles. The van der Waals surface area contributed by atoms with Gasteiger partial charge in [-0.15, -0.1) is 0 Å². The maximum atomic E-state index is 12.9. The molecule has 3 N–H and O–H groups in total. The van der Waals surface area contributed by atoms with Crippen molar-refractivity contribution in [2.75, 3.05) is 23.0 Å². The Hall–Kier alpha value is -3.35. The normalized spacial score (nSPS) is 19.1. The van der Waals surface area contributed by atoms with E-state index >= 15 is 0 Å². The highest BCUT2D eigenvalue weighted by Crippen LogP contribution is 2.41. The van der Waals surface area contributed by atoms with Crippen molar-refractivity contribution < 1.29 is 19.1 Å². The number of thioether (sulfide) groups is 1. The fourth-order valence-corrected chi connectivity index (χ4v) is 8.29. The fraction of sp³-hybridized carbons (Fsp3) is 0.310. The van der Waals surface area contributed by atoms with Crippen LogP contribution in [0.15, 0.2) is 82.8 Å². The Labute approximate surface area is 251 Å². The van der Waals surface area contributed by atoms with Gasteiger partial charge in [0.1, 0.15) is 10.8 Å². The smallest absolute Gasteiger partial charge is 0.410 e. The zero-order valence-electron chi connectivity index (χ0n) is 22.4. The lowest BCUT2D eigenvalue weighted by Crippen LogP contribution is -2.36. The van der Waals surface area contributed by atoms with E-state index in [1.807, 2.05) is 54.2 Å². The first-order valence-electron chi connectivity index (χ1n) is 13.3. The van der Waals surface area contributed by atoms with E-state index in [9.17, 15) is 14.4 Å². The quantitative estimate of drug-likeness (QED) is 0.134. The van der Waals surface area contributed by atoms with Crippen molar-refractivity contribution in [3.8, 4) is 5.75 Å². The van der Waals surface area contributed by atoms with Crippen molar-refractivity contribution in [3.05, 3.63) is 72.9 Å². The predicted molar refractivity (Wildman–Crippen MR) is 166 cm³/mol. The monoisotopic (exact) mass is 609 g/mol. The lowest BCUT2D eigenvalue weighted by atomic mass is 10.0. The molecule has 214 valence electrons. The van der Waals surface area contributed by atoms with Gasteiger partial charge in [-0.2, -0.15) is 11.8 Å². The summed E-state index contributed by atoms with van der Waals surface area (Å²) >= 11 is 1.88. The zero-order valence-corrected chi connectivity index (χ0v) is 24.9. The number of ether oxygens (including phenoxy) is 1. The van der Waals surface area contributed by atoms with Gasteiger partial charge in [0, 0.05) is 41.3 Å². The van der Waals surface area contributed by atoms with Gasteiger partial charge in [-0.25, -0.2) is 14.6 Å². The minimum Gasteiger partial charge on any atom is -0.410 e. The molecule has 2 aliphatic rings. The van der Waals surface area contributed by atoms with E-state index in [-0.39, 0.29) is 24.0 Å². The van der Waals surface area contributed by atoms with Crippen LogP contribution in [0, 0.1) is 0 Å². The number of carbonyl (C=O) groups is 3. The number of nitrogens with zero attached hydrogens (tertiary/aromatic N) is 2. The van der Waals surface area contributed by atoms with Gasteiger partial charge >= 0.3 is 12.1 Å². The van der Waals surface area contributed by atoms with E-state index in [4.69, 9.17) is 4.74 Å². The zero-order chi connectivity index (χ0) is 28.6. The first-order valence-corrected chi connectivity index (χ1v) is 16.5. The Kier molecular flexibility index (Phi) is 9.97. The Bertz CT molecular complexity index is 1360.